The van der Waals surface area contributed by atoms with E-state index in [0.29, 0.717) is 19.7 Å². The van der Waals surface area contributed by atoms with Gasteiger partial charge in [0.2, 0.25) is 5.91 Å². The van der Waals surface area contributed by atoms with Crippen molar-refractivity contribution >= 4 is 5.91 Å². The Kier molecular flexibility index (Phi) is 7.08. The van der Waals surface area contributed by atoms with Crippen LogP contribution in [0.25, 0.3) is 0 Å². The van der Waals surface area contributed by atoms with Gasteiger partial charge in [0, 0.05) is 13.7 Å². The van der Waals surface area contributed by atoms with Crippen LogP contribution in [0.4, 0.5) is 0 Å². The predicted octanol–water partition coefficient (Wildman–Crippen LogP) is -0.641. The molecule has 0 aliphatic heterocycles. The first kappa shape index (κ1) is 10.4. The van der Waals surface area contributed by atoms with E-state index in [1.165, 1.54) is 0 Å². The number of carbonyl (C=O) groups is 1. The molecule has 0 aliphatic carbocycles. The Morgan fingerprint density at radius 2 is 2.27 bits per heavy atom. The van der Waals surface area contributed by atoms with Gasteiger partial charge in [0.05, 0.1) is 13.2 Å². The molecule has 2 N–H and O–H groups in total. The molecule has 0 heterocycles. The van der Waals surface area contributed by atoms with Gasteiger partial charge in [-0.05, 0) is 6.54 Å². The summed E-state index contributed by atoms with van der Waals surface area (Å²) in [5.74, 6) is 0.0175. The van der Waals surface area contributed by atoms with Crippen LogP contribution >= 0.6 is 0 Å². The normalized spacial score (nSPS) is 9.64. The summed E-state index contributed by atoms with van der Waals surface area (Å²) < 4.78 is 4.76. The van der Waals surface area contributed by atoms with Crippen molar-refractivity contribution < 1.29 is 9.53 Å². The molecule has 4 heteroatoms. The van der Waals surface area contributed by atoms with E-state index in [2.05, 4.69) is 10.6 Å². The number of hydrogen-bond donors (Lipinski definition) is 2. The van der Waals surface area contributed by atoms with Crippen LogP contribution in [-0.2, 0) is 9.53 Å². The first-order valence-corrected chi connectivity index (χ1v) is 3.77. The molecule has 0 saturated heterocycles. The maximum absolute atomic E-state index is 10.8. The van der Waals surface area contributed by atoms with E-state index < -0.39 is 0 Å². The van der Waals surface area contributed by atoms with Crippen LogP contribution in [-0.4, -0.2) is 39.3 Å². The van der Waals surface area contributed by atoms with Crippen molar-refractivity contribution in [1.29, 1.82) is 0 Å². The van der Waals surface area contributed by atoms with Crippen LogP contribution < -0.4 is 10.6 Å². The second-order valence-electron chi connectivity index (χ2n) is 2.12. The molecule has 0 spiro atoms. The molecule has 0 unspecified atom stereocenters. The van der Waals surface area contributed by atoms with Crippen molar-refractivity contribution in [2.75, 3.05) is 33.4 Å². The van der Waals surface area contributed by atoms with E-state index in [1.807, 2.05) is 6.92 Å². The Hall–Kier alpha value is -0.610. The smallest absolute Gasteiger partial charge is 0.234 e. The van der Waals surface area contributed by atoms with Crippen LogP contribution in [0.3, 0.4) is 0 Å². The zero-order valence-corrected chi connectivity index (χ0v) is 7.14. The largest absolute Gasteiger partial charge is 0.383 e. The summed E-state index contributed by atoms with van der Waals surface area (Å²) in [6, 6.07) is 0. The standard InChI is InChI=1S/C7H16N2O2/c1-3-8-6-7(10)9-4-5-11-2/h8H,3-6H2,1-2H3,(H,9,10). The monoisotopic (exact) mass is 160 g/mol. The Morgan fingerprint density at radius 1 is 1.55 bits per heavy atom. The van der Waals surface area contributed by atoms with Crippen molar-refractivity contribution in [3.8, 4) is 0 Å². The van der Waals surface area contributed by atoms with Crippen molar-refractivity contribution in [3.05, 3.63) is 0 Å². The SMILES string of the molecule is CCNCC(=O)NCCOC. The maximum Gasteiger partial charge on any atom is 0.234 e. The average Bonchev–Trinajstić information content (AvgIpc) is 2.01. The fourth-order valence-corrected chi connectivity index (χ4v) is 0.594. The summed E-state index contributed by atoms with van der Waals surface area (Å²) in [5.41, 5.74) is 0. The molecule has 66 valence electrons. The van der Waals surface area contributed by atoms with Crippen molar-refractivity contribution in [2.24, 2.45) is 0 Å². The molecule has 0 atom stereocenters. The lowest BCUT2D eigenvalue weighted by molar-refractivity contribution is -0.120. The fourth-order valence-electron chi connectivity index (χ4n) is 0.594. The number of ether oxygens (including phenoxy) is 1. The van der Waals surface area contributed by atoms with E-state index in [0.717, 1.165) is 6.54 Å². The lowest BCUT2D eigenvalue weighted by Gasteiger charge is -2.03. The van der Waals surface area contributed by atoms with Crippen LogP contribution in [0.15, 0.2) is 0 Å². The molecule has 0 aromatic rings. The van der Waals surface area contributed by atoms with Gasteiger partial charge >= 0.3 is 0 Å². The molecule has 4 nitrogen and oxygen atoms in total. The molecule has 0 aliphatic rings. The molecular weight excluding hydrogens is 144 g/mol. The molecular formula is C7H16N2O2. The first-order valence-electron chi connectivity index (χ1n) is 3.77. The summed E-state index contributed by atoms with van der Waals surface area (Å²) in [6.45, 7) is 4.32. The number of rotatable bonds is 6. The van der Waals surface area contributed by atoms with Gasteiger partial charge < -0.3 is 15.4 Å². The van der Waals surface area contributed by atoms with Crippen LogP contribution in [0, 0.1) is 0 Å². The van der Waals surface area contributed by atoms with Crippen molar-refractivity contribution in [2.45, 2.75) is 6.92 Å². The highest BCUT2D eigenvalue weighted by molar-refractivity contribution is 5.77. The number of hydrogen-bond acceptors (Lipinski definition) is 3. The highest BCUT2D eigenvalue weighted by atomic mass is 16.5. The Morgan fingerprint density at radius 3 is 2.82 bits per heavy atom. The molecule has 0 rings (SSSR count). The molecule has 1 amide bonds. The van der Waals surface area contributed by atoms with Gasteiger partial charge in [-0.2, -0.15) is 0 Å². The highest BCUT2D eigenvalue weighted by Gasteiger charge is 1.96. The van der Waals surface area contributed by atoms with E-state index in [9.17, 15) is 4.79 Å². The minimum Gasteiger partial charge on any atom is -0.383 e. The summed E-state index contributed by atoms with van der Waals surface area (Å²) in [4.78, 5) is 10.8. The summed E-state index contributed by atoms with van der Waals surface area (Å²) in [7, 11) is 1.61. The molecule has 0 bridgehead atoms. The third kappa shape index (κ3) is 7.29. The highest BCUT2D eigenvalue weighted by Crippen LogP contribution is 1.66. The van der Waals surface area contributed by atoms with Gasteiger partial charge in [-0.3, -0.25) is 4.79 Å². The Balaban J connectivity index is 3.09. The van der Waals surface area contributed by atoms with Crippen LogP contribution in [0.5, 0.6) is 0 Å². The lowest BCUT2D eigenvalue weighted by Crippen LogP contribution is -2.35. The van der Waals surface area contributed by atoms with Gasteiger partial charge in [0.1, 0.15) is 0 Å². The molecule has 0 fully saturated rings. The minimum absolute atomic E-state index is 0.0175. The van der Waals surface area contributed by atoms with E-state index >= 15 is 0 Å². The maximum atomic E-state index is 10.8. The summed E-state index contributed by atoms with van der Waals surface area (Å²) in [6.07, 6.45) is 0. The second kappa shape index (κ2) is 7.50. The minimum atomic E-state index is 0.0175. The zero-order valence-electron chi connectivity index (χ0n) is 7.14. The average molecular weight is 160 g/mol. The third-order valence-corrected chi connectivity index (χ3v) is 1.16. The number of carbonyl (C=O) groups excluding carboxylic acids is 1. The second-order valence-corrected chi connectivity index (χ2v) is 2.12. The van der Waals surface area contributed by atoms with Crippen molar-refractivity contribution in [3.63, 3.8) is 0 Å². The van der Waals surface area contributed by atoms with Crippen LogP contribution in [0.2, 0.25) is 0 Å². The van der Waals surface area contributed by atoms with Crippen molar-refractivity contribution in [1.82, 2.24) is 10.6 Å². The van der Waals surface area contributed by atoms with E-state index in [1.54, 1.807) is 7.11 Å². The molecule has 0 aromatic carbocycles. The Labute approximate surface area is 67.3 Å². The number of likely N-dealkylation sites (N-methyl/N-ethyl adjacent to an activating group) is 1. The topological polar surface area (TPSA) is 50.4 Å². The van der Waals surface area contributed by atoms with Gasteiger partial charge in [-0.15, -0.1) is 0 Å². The number of methoxy groups -OCH3 is 1. The zero-order chi connectivity index (χ0) is 8.53. The predicted molar refractivity (Wildman–Crippen MR) is 43.4 cm³/mol. The third-order valence-electron chi connectivity index (χ3n) is 1.16. The fraction of sp³-hybridized carbons (Fsp3) is 0.857. The molecule has 0 radical (unpaired) electrons. The Bertz CT molecular complexity index is 107. The van der Waals surface area contributed by atoms with Gasteiger partial charge in [0.15, 0.2) is 0 Å². The number of nitrogens with one attached hydrogen (secondary N) is 2. The molecule has 0 aromatic heterocycles. The summed E-state index contributed by atoms with van der Waals surface area (Å²) in [5, 5.41) is 5.61. The van der Waals surface area contributed by atoms with Gasteiger partial charge in [-0.25, -0.2) is 0 Å². The van der Waals surface area contributed by atoms with Crippen LogP contribution in [0.1, 0.15) is 6.92 Å². The van der Waals surface area contributed by atoms with E-state index in [4.69, 9.17) is 4.74 Å². The van der Waals surface area contributed by atoms with Gasteiger partial charge in [-0.1, -0.05) is 6.92 Å². The molecule has 0 saturated carbocycles. The first-order chi connectivity index (χ1) is 5.31. The quantitative estimate of drug-likeness (QED) is 0.508. The lowest BCUT2D eigenvalue weighted by atomic mass is 10.5. The van der Waals surface area contributed by atoms with E-state index in [-0.39, 0.29) is 5.91 Å². The number of amides is 1. The van der Waals surface area contributed by atoms with Gasteiger partial charge in [0.25, 0.3) is 0 Å². The summed E-state index contributed by atoms with van der Waals surface area (Å²) >= 11 is 0. The molecule has 11 heavy (non-hydrogen) atoms.